The van der Waals surface area contributed by atoms with Crippen molar-refractivity contribution < 1.29 is 14.7 Å². The van der Waals surface area contributed by atoms with Gasteiger partial charge in [0.2, 0.25) is 0 Å². The topological polar surface area (TPSA) is 78.4 Å². The molecule has 1 aromatic rings. The highest BCUT2D eigenvalue weighted by atomic mass is 35.5. The molecule has 1 atom stereocenters. The average Bonchev–Trinajstić information content (AvgIpc) is 3.16. The first-order chi connectivity index (χ1) is 9.33. The van der Waals surface area contributed by atoms with Crippen LogP contribution in [-0.4, -0.2) is 22.6 Å². The second-order valence-electron chi connectivity index (χ2n) is 5.34. The van der Waals surface area contributed by atoms with Crippen molar-refractivity contribution in [2.24, 2.45) is 5.92 Å². The highest BCUT2D eigenvalue weighted by Crippen LogP contribution is 2.39. The lowest BCUT2D eigenvalue weighted by molar-refractivity contribution is -0.144. The van der Waals surface area contributed by atoms with Crippen LogP contribution in [0.15, 0.2) is 18.2 Å². The van der Waals surface area contributed by atoms with Gasteiger partial charge in [-0.15, -0.1) is 0 Å². The van der Waals surface area contributed by atoms with Crippen LogP contribution in [0.5, 0.6) is 0 Å². The van der Waals surface area contributed by atoms with E-state index in [-0.39, 0.29) is 5.92 Å². The van der Waals surface area contributed by atoms with Gasteiger partial charge in [0, 0.05) is 0 Å². The standard InChI is InChI=1S/C14H17ClN2O3/c1-8-3-6-11(10(15)7-8)16-13(20)17-14(2,12(18)19)9-4-5-9/h3,6-7,9H,4-5H2,1-2H3,(H,18,19)(H2,16,17,20). The highest BCUT2D eigenvalue weighted by molar-refractivity contribution is 6.33. The van der Waals surface area contributed by atoms with E-state index in [2.05, 4.69) is 10.6 Å². The zero-order valence-electron chi connectivity index (χ0n) is 11.4. The van der Waals surface area contributed by atoms with Gasteiger partial charge in [0.25, 0.3) is 0 Å². The number of hydrogen-bond donors (Lipinski definition) is 3. The molecular formula is C14H17ClN2O3. The zero-order chi connectivity index (χ0) is 14.9. The second-order valence-corrected chi connectivity index (χ2v) is 5.75. The average molecular weight is 297 g/mol. The largest absolute Gasteiger partial charge is 0.480 e. The molecule has 1 fully saturated rings. The number of carboxylic acid groups (broad SMARTS) is 1. The molecule has 1 aromatic carbocycles. The van der Waals surface area contributed by atoms with Gasteiger partial charge >= 0.3 is 12.0 Å². The molecule has 1 aliphatic carbocycles. The molecular weight excluding hydrogens is 280 g/mol. The van der Waals surface area contributed by atoms with Gasteiger partial charge in [-0.05, 0) is 50.3 Å². The molecule has 1 aliphatic rings. The molecule has 2 amide bonds. The zero-order valence-corrected chi connectivity index (χ0v) is 12.1. The number of nitrogens with one attached hydrogen (secondary N) is 2. The van der Waals surface area contributed by atoms with Crippen molar-refractivity contribution >= 4 is 29.3 Å². The number of rotatable bonds is 4. The monoisotopic (exact) mass is 296 g/mol. The number of hydrogen-bond acceptors (Lipinski definition) is 2. The van der Waals surface area contributed by atoms with E-state index in [1.165, 1.54) is 6.92 Å². The maximum absolute atomic E-state index is 12.0. The molecule has 6 heteroatoms. The summed E-state index contributed by atoms with van der Waals surface area (Å²) in [5.74, 6) is -1.04. The van der Waals surface area contributed by atoms with Crippen molar-refractivity contribution in [3.05, 3.63) is 28.8 Å². The van der Waals surface area contributed by atoms with Crippen molar-refractivity contribution in [1.82, 2.24) is 5.32 Å². The number of urea groups is 1. The van der Waals surface area contributed by atoms with Gasteiger partial charge in [0.05, 0.1) is 10.7 Å². The van der Waals surface area contributed by atoms with Gasteiger partial charge in [-0.1, -0.05) is 17.7 Å². The van der Waals surface area contributed by atoms with Crippen molar-refractivity contribution in [2.45, 2.75) is 32.2 Å². The predicted molar refractivity (Wildman–Crippen MR) is 77.1 cm³/mol. The van der Waals surface area contributed by atoms with Gasteiger partial charge in [-0.25, -0.2) is 9.59 Å². The van der Waals surface area contributed by atoms with Crippen LogP contribution in [0.25, 0.3) is 0 Å². The van der Waals surface area contributed by atoms with Crippen LogP contribution in [0.2, 0.25) is 5.02 Å². The van der Waals surface area contributed by atoms with Gasteiger partial charge in [-0.2, -0.15) is 0 Å². The van der Waals surface area contributed by atoms with E-state index in [1.807, 2.05) is 13.0 Å². The number of carbonyl (C=O) groups is 2. The van der Waals surface area contributed by atoms with Crippen LogP contribution in [0.1, 0.15) is 25.3 Å². The summed E-state index contributed by atoms with van der Waals surface area (Å²) in [6.45, 7) is 3.42. The summed E-state index contributed by atoms with van der Waals surface area (Å²) in [6.07, 6.45) is 1.63. The number of aliphatic carboxylic acids is 1. The Bertz CT molecular complexity index is 557. The SMILES string of the molecule is Cc1ccc(NC(=O)NC(C)(C(=O)O)C2CC2)c(Cl)c1. The number of anilines is 1. The molecule has 0 radical (unpaired) electrons. The lowest BCUT2D eigenvalue weighted by atomic mass is 9.96. The third-order valence-corrected chi connectivity index (χ3v) is 3.90. The van der Waals surface area contributed by atoms with Gasteiger partial charge in [0.15, 0.2) is 0 Å². The smallest absolute Gasteiger partial charge is 0.329 e. The molecule has 20 heavy (non-hydrogen) atoms. The normalized spacial score (nSPS) is 17.1. The number of aryl methyl sites for hydroxylation is 1. The number of amides is 2. The quantitative estimate of drug-likeness (QED) is 0.799. The molecule has 0 aromatic heterocycles. The first-order valence-corrected chi connectivity index (χ1v) is 6.79. The first-order valence-electron chi connectivity index (χ1n) is 6.41. The lowest BCUT2D eigenvalue weighted by Crippen LogP contribution is -2.55. The molecule has 0 saturated heterocycles. The van der Waals surface area contributed by atoms with Crippen LogP contribution < -0.4 is 10.6 Å². The minimum atomic E-state index is -1.23. The summed E-state index contributed by atoms with van der Waals surface area (Å²) in [7, 11) is 0. The summed E-state index contributed by atoms with van der Waals surface area (Å²) in [6, 6.07) is 4.67. The van der Waals surface area contributed by atoms with E-state index in [0.29, 0.717) is 10.7 Å². The van der Waals surface area contributed by atoms with E-state index < -0.39 is 17.5 Å². The summed E-state index contributed by atoms with van der Waals surface area (Å²) in [4.78, 5) is 23.3. The fourth-order valence-corrected chi connectivity index (χ4v) is 2.38. The van der Waals surface area contributed by atoms with Crippen LogP contribution in [0.3, 0.4) is 0 Å². The second kappa shape index (κ2) is 5.32. The summed E-state index contributed by atoms with van der Waals surface area (Å²) in [5, 5.41) is 14.8. The van der Waals surface area contributed by atoms with Crippen LogP contribution >= 0.6 is 11.6 Å². The minimum Gasteiger partial charge on any atom is -0.480 e. The van der Waals surface area contributed by atoms with Crippen LogP contribution in [0, 0.1) is 12.8 Å². The maximum Gasteiger partial charge on any atom is 0.329 e. The van der Waals surface area contributed by atoms with Crippen molar-refractivity contribution in [3.8, 4) is 0 Å². The van der Waals surface area contributed by atoms with Gasteiger partial charge in [0.1, 0.15) is 5.54 Å². The van der Waals surface area contributed by atoms with Crippen molar-refractivity contribution in [1.29, 1.82) is 0 Å². The lowest BCUT2D eigenvalue weighted by Gasteiger charge is -2.26. The molecule has 108 valence electrons. The Morgan fingerprint density at radius 1 is 1.40 bits per heavy atom. The van der Waals surface area contributed by atoms with Crippen molar-refractivity contribution in [2.75, 3.05) is 5.32 Å². The fraction of sp³-hybridized carbons (Fsp3) is 0.429. The molecule has 0 spiro atoms. The maximum atomic E-state index is 12.0. The van der Waals surface area contributed by atoms with Crippen molar-refractivity contribution in [3.63, 3.8) is 0 Å². The third-order valence-electron chi connectivity index (χ3n) is 3.58. The molecule has 3 N–H and O–H groups in total. The van der Waals surface area contributed by atoms with Gasteiger partial charge < -0.3 is 15.7 Å². The molecule has 5 nitrogen and oxygen atoms in total. The Balaban J connectivity index is 2.06. The Kier molecular flexibility index (Phi) is 3.90. The highest BCUT2D eigenvalue weighted by Gasteiger charge is 2.48. The third kappa shape index (κ3) is 3.04. The van der Waals surface area contributed by atoms with E-state index in [4.69, 9.17) is 11.6 Å². The molecule has 2 rings (SSSR count). The molecule has 1 saturated carbocycles. The number of carbonyl (C=O) groups excluding carboxylic acids is 1. The number of benzene rings is 1. The van der Waals surface area contributed by atoms with E-state index in [0.717, 1.165) is 18.4 Å². The summed E-state index contributed by atoms with van der Waals surface area (Å²) >= 11 is 6.02. The van der Waals surface area contributed by atoms with Crippen LogP contribution in [-0.2, 0) is 4.79 Å². The Labute approximate surface area is 122 Å². The minimum absolute atomic E-state index is 0.0146. The first kappa shape index (κ1) is 14.7. The van der Waals surface area contributed by atoms with E-state index in [9.17, 15) is 14.7 Å². The molecule has 0 aliphatic heterocycles. The fourth-order valence-electron chi connectivity index (χ4n) is 2.10. The number of halogens is 1. The Morgan fingerprint density at radius 2 is 2.05 bits per heavy atom. The Morgan fingerprint density at radius 3 is 2.55 bits per heavy atom. The molecule has 0 heterocycles. The Hall–Kier alpha value is -1.75. The van der Waals surface area contributed by atoms with Gasteiger partial charge in [-0.3, -0.25) is 0 Å². The predicted octanol–water partition coefficient (Wildman–Crippen LogP) is 3.02. The molecule has 0 bridgehead atoms. The van der Waals surface area contributed by atoms with E-state index in [1.54, 1.807) is 12.1 Å². The van der Waals surface area contributed by atoms with Crippen LogP contribution in [0.4, 0.5) is 10.5 Å². The van der Waals surface area contributed by atoms with E-state index >= 15 is 0 Å². The molecule has 1 unspecified atom stereocenters. The summed E-state index contributed by atoms with van der Waals surface area (Å²) in [5.41, 5.74) is 0.203. The number of carboxylic acids is 1. The summed E-state index contributed by atoms with van der Waals surface area (Å²) < 4.78 is 0.